The van der Waals surface area contributed by atoms with Crippen LogP contribution < -0.4 is 5.32 Å². The van der Waals surface area contributed by atoms with Crippen LogP contribution in [-0.4, -0.2) is 47.3 Å². The van der Waals surface area contributed by atoms with Gasteiger partial charge in [0, 0.05) is 0 Å². The van der Waals surface area contributed by atoms with Gasteiger partial charge in [-0.05, 0) is 20.3 Å². The highest BCUT2D eigenvalue weighted by molar-refractivity contribution is 7.89. The van der Waals surface area contributed by atoms with Crippen molar-refractivity contribution in [2.45, 2.75) is 38.1 Å². The number of aryl methyl sites for hydroxylation is 2. The predicted molar refractivity (Wildman–Crippen MR) is 69.2 cm³/mol. The zero-order valence-corrected chi connectivity index (χ0v) is 12.2. The Bertz CT molecular complexity index is 644. The van der Waals surface area contributed by atoms with E-state index in [1.807, 2.05) is 0 Å². The topological polar surface area (TPSA) is 112 Å². The first-order valence-corrected chi connectivity index (χ1v) is 7.60. The summed E-state index contributed by atoms with van der Waals surface area (Å²) in [7, 11) is -3.95. The van der Waals surface area contributed by atoms with E-state index in [1.54, 1.807) is 20.8 Å². The van der Waals surface area contributed by atoms with Crippen LogP contribution >= 0.6 is 0 Å². The van der Waals surface area contributed by atoms with Crippen molar-refractivity contribution < 1.29 is 18.0 Å². The molecule has 2 amide bonds. The molecule has 1 atom stereocenters. The summed E-state index contributed by atoms with van der Waals surface area (Å²) < 4.78 is 26.3. The number of nitrogens with one attached hydrogen (secondary N) is 2. The summed E-state index contributed by atoms with van der Waals surface area (Å²) in [4.78, 5) is 23.3. The van der Waals surface area contributed by atoms with Gasteiger partial charge in [-0.25, -0.2) is 8.42 Å². The number of amides is 2. The highest BCUT2D eigenvalue weighted by Crippen LogP contribution is 2.25. The minimum absolute atomic E-state index is 0.0263. The highest BCUT2D eigenvalue weighted by atomic mass is 32.2. The Morgan fingerprint density at radius 3 is 2.50 bits per heavy atom. The maximum absolute atomic E-state index is 12.7. The number of H-pyrrole nitrogens is 1. The summed E-state index contributed by atoms with van der Waals surface area (Å²) in [5.41, 5.74) is 0.701. The Morgan fingerprint density at radius 2 is 2.00 bits per heavy atom. The monoisotopic (exact) mass is 300 g/mol. The number of hydrogen-bond donors (Lipinski definition) is 2. The number of carbonyl (C=O) groups excluding carboxylic acids is 2. The Morgan fingerprint density at radius 1 is 1.35 bits per heavy atom. The fraction of sp³-hybridized carbons (Fsp3) is 0.545. The second-order valence-corrected chi connectivity index (χ2v) is 6.48. The van der Waals surface area contributed by atoms with Gasteiger partial charge in [0.25, 0.3) is 0 Å². The van der Waals surface area contributed by atoms with E-state index in [2.05, 4.69) is 15.5 Å². The minimum Gasteiger partial charge on any atom is -0.294 e. The minimum atomic E-state index is -3.95. The summed E-state index contributed by atoms with van der Waals surface area (Å²) in [6, 6.07) is -0.883. The first-order valence-electron chi connectivity index (χ1n) is 6.16. The molecule has 1 aliphatic rings. The number of piperazine rings is 1. The molecule has 1 fully saturated rings. The number of rotatable bonds is 3. The number of sulfonamides is 1. The Labute approximate surface area is 116 Å². The lowest BCUT2D eigenvalue weighted by Gasteiger charge is -2.32. The van der Waals surface area contributed by atoms with Gasteiger partial charge >= 0.3 is 0 Å². The van der Waals surface area contributed by atoms with Crippen molar-refractivity contribution in [2.24, 2.45) is 0 Å². The van der Waals surface area contributed by atoms with Crippen molar-refractivity contribution >= 4 is 21.8 Å². The van der Waals surface area contributed by atoms with E-state index in [0.29, 0.717) is 11.4 Å². The molecular formula is C11H16N4O4S. The van der Waals surface area contributed by atoms with Crippen molar-refractivity contribution in [3.05, 3.63) is 11.4 Å². The molecule has 2 heterocycles. The van der Waals surface area contributed by atoms with Gasteiger partial charge in [-0.3, -0.25) is 20.0 Å². The number of hydrogen-bond acceptors (Lipinski definition) is 5. The molecule has 20 heavy (non-hydrogen) atoms. The SMILES string of the molecule is CCC1C(=O)NC(=O)CN1S(=O)(=O)c1c(C)n[nH]c1C. The van der Waals surface area contributed by atoms with Crippen LogP contribution in [0.15, 0.2) is 4.90 Å². The molecule has 2 rings (SSSR count). The molecular weight excluding hydrogens is 284 g/mol. The van der Waals surface area contributed by atoms with Crippen LogP contribution in [-0.2, 0) is 19.6 Å². The normalized spacial score (nSPS) is 21.1. The number of imide groups is 1. The van der Waals surface area contributed by atoms with Crippen molar-refractivity contribution in [1.29, 1.82) is 0 Å². The van der Waals surface area contributed by atoms with Crippen LogP contribution in [0, 0.1) is 13.8 Å². The molecule has 0 bridgehead atoms. The van der Waals surface area contributed by atoms with Crippen LogP contribution in [0.2, 0.25) is 0 Å². The van der Waals surface area contributed by atoms with E-state index in [0.717, 1.165) is 4.31 Å². The van der Waals surface area contributed by atoms with Crippen LogP contribution in [0.1, 0.15) is 24.7 Å². The summed E-state index contributed by atoms with van der Waals surface area (Å²) >= 11 is 0. The number of aromatic amines is 1. The lowest BCUT2D eigenvalue weighted by Crippen LogP contribution is -2.59. The van der Waals surface area contributed by atoms with Gasteiger partial charge in [0.15, 0.2) is 0 Å². The Hall–Kier alpha value is -1.74. The summed E-state index contributed by atoms with van der Waals surface area (Å²) in [6.45, 7) is 4.47. The zero-order chi connectivity index (χ0) is 15.1. The molecule has 110 valence electrons. The van der Waals surface area contributed by atoms with Crippen molar-refractivity contribution in [2.75, 3.05) is 6.54 Å². The molecule has 1 saturated heterocycles. The third-order valence-electron chi connectivity index (χ3n) is 3.23. The molecule has 9 heteroatoms. The summed E-state index contributed by atoms with van der Waals surface area (Å²) in [5, 5.41) is 8.60. The van der Waals surface area contributed by atoms with Gasteiger partial charge in [0.05, 0.1) is 17.9 Å². The quantitative estimate of drug-likeness (QED) is 0.727. The molecule has 1 aliphatic heterocycles. The summed E-state index contributed by atoms with van der Waals surface area (Å²) in [5.74, 6) is -1.21. The lowest BCUT2D eigenvalue weighted by atomic mass is 10.2. The third kappa shape index (κ3) is 2.22. The van der Waals surface area contributed by atoms with Gasteiger partial charge in [0.1, 0.15) is 10.9 Å². The van der Waals surface area contributed by atoms with Crippen molar-refractivity contribution in [3.8, 4) is 0 Å². The number of aromatic nitrogens is 2. The van der Waals surface area contributed by atoms with Gasteiger partial charge in [-0.1, -0.05) is 6.92 Å². The first-order chi connectivity index (χ1) is 9.28. The molecule has 1 unspecified atom stereocenters. The van der Waals surface area contributed by atoms with Crippen LogP contribution in [0.4, 0.5) is 0 Å². The molecule has 0 aromatic carbocycles. The highest BCUT2D eigenvalue weighted by Gasteiger charge is 2.42. The van der Waals surface area contributed by atoms with Crippen LogP contribution in [0.25, 0.3) is 0 Å². The van der Waals surface area contributed by atoms with Gasteiger partial charge in [-0.15, -0.1) is 0 Å². The van der Waals surface area contributed by atoms with E-state index in [-0.39, 0.29) is 17.9 Å². The molecule has 0 spiro atoms. The smallest absolute Gasteiger partial charge is 0.247 e. The predicted octanol–water partition coefficient (Wildman–Crippen LogP) is -0.548. The average Bonchev–Trinajstić information content (AvgIpc) is 2.68. The average molecular weight is 300 g/mol. The maximum atomic E-state index is 12.7. The molecule has 2 N–H and O–H groups in total. The Kier molecular flexibility index (Phi) is 3.65. The second-order valence-electron chi connectivity index (χ2n) is 4.65. The largest absolute Gasteiger partial charge is 0.294 e. The maximum Gasteiger partial charge on any atom is 0.247 e. The van der Waals surface area contributed by atoms with Gasteiger partial charge < -0.3 is 0 Å². The molecule has 1 aromatic rings. The molecule has 0 radical (unpaired) electrons. The molecule has 8 nitrogen and oxygen atoms in total. The third-order valence-corrected chi connectivity index (χ3v) is 5.34. The van der Waals surface area contributed by atoms with E-state index in [4.69, 9.17) is 0 Å². The van der Waals surface area contributed by atoms with Crippen LogP contribution in [0.5, 0.6) is 0 Å². The van der Waals surface area contributed by atoms with Gasteiger partial charge in [0.2, 0.25) is 21.8 Å². The standard InChI is InChI=1S/C11H16N4O4S/c1-4-8-11(17)12-9(16)5-15(8)20(18,19)10-6(2)13-14-7(10)3/h8H,4-5H2,1-3H3,(H,13,14)(H,12,16,17). The molecule has 0 aliphatic carbocycles. The van der Waals surface area contributed by atoms with E-state index < -0.39 is 27.9 Å². The first kappa shape index (κ1) is 14.7. The fourth-order valence-electron chi connectivity index (χ4n) is 2.32. The second kappa shape index (κ2) is 4.98. The van der Waals surface area contributed by atoms with Crippen molar-refractivity contribution in [3.63, 3.8) is 0 Å². The zero-order valence-electron chi connectivity index (χ0n) is 11.4. The van der Waals surface area contributed by atoms with Crippen LogP contribution in [0.3, 0.4) is 0 Å². The van der Waals surface area contributed by atoms with E-state index in [1.165, 1.54) is 0 Å². The van der Waals surface area contributed by atoms with Gasteiger partial charge in [-0.2, -0.15) is 9.40 Å². The fourth-order valence-corrected chi connectivity index (χ4v) is 4.28. The van der Waals surface area contributed by atoms with E-state index >= 15 is 0 Å². The van der Waals surface area contributed by atoms with E-state index in [9.17, 15) is 18.0 Å². The number of carbonyl (C=O) groups is 2. The lowest BCUT2D eigenvalue weighted by molar-refractivity contribution is -0.137. The van der Waals surface area contributed by atoms with Crippen molar-refractivity contribution in [1.82, 2.24) is 19.8 Å². The Balaban J connectivity index is 2.52. The number of nitrogens with zero attached hydrogens (tertiary/aromatic N) is 2. The summed E-state index contributed by atoms with van der Waals surface area (Å²) in [6.07, 6.45) is 0.286. The molecule has 1 aromatic heterocycles. The molecule has 0 saturated carbocycles.